The molecule has 0 aromatic carbocycles. The molecule has 0 fully saturated rings. The molecule has 0 unspecified atom stereocenters. The molecule has 0 amide bonds. The van der Waals surface area contributed by atoms with Crippen LogP contribution in [0.5, 0.6) is 0 Å². The fourth-order valence-electron chi connectivity index (χ4n) is 0.899. The Morgan fingerprint density at radius 1 is 0.591 bits per heavy atom. The Labute approximate surface area is 153 Å². The van der Waals surface area contributed by atoms with E-state index in [0.717, 1.165) is 0 Å². The summed E-state index contributed by atoms with van der Waals surface area (Å²) in [4.78, 5) is 0. The van der Waals surface area contributed by atoms with Crippen LogP contribution in [0.2, 0.25) is 0 Å². The Morgan fingerprint density at radius 3 is 1.05 bits per heavy atom. The Balaban J connectivity index is -0.000000301. The summed E-state index contributed by atoms with van der Waals surface area (Å²) < 4.78 is 86.0. The van der Waals surface area contributed by atoms with Gasteiger partial charge in [0.1, 0.15) is 0 Å². The van der Waals surface area contributed by atoms with Gasteiger partial charge in [-0.05, 0) is 0 Å². The predicted molar refractivity (Wildman–Crippen MR) is 65.1 cm³/mol. The fraction of sp³-hybridized carbons (Fsp3) is 1.00. The third-order valence-corrected chi connectivity index (χ3v) is 2.57. The van der Waals surface area contributed by atoms with Gasteiger partial charge in [0.2, 0.25) is 0 Å². The molecule has 0 aliphatic rings. The van der Waals surface area contributed by atoms with Gasteiger partial charge in [-0.2, -0.15) is 16.8 Å². The third-order valence-electron chi connectivity index (χ3n) is 1.60. The molecule has 6 nitrogen and oxygen atoms in total. The summed E-state index contributed by atoms with van der Waals surface area (Å²) in [6.45, 7) is 0.125. The molecule has 0 atom stereocenters. The van der Waals surface area contributed by atoms with Gasteiger partial charge in [0.15, 0.2) is 12.7 Å². The first kappa shape index (κ1) is 28.0. The topological polar surface area (TPSA) is 71.1 Å². The van der Waals surface area contributed by atoms with Crippen LogP contribution in [-0.2, 0) is 28.1 Å². The average molecular weight is 362 g/mol. The summed E-state index contributed by atoms with van der Waals surface area (Å²) in [7, 11) is -10.3. The SMILES string of the molecule is O=P(F)(F)COCCOCCOCCOCP(=O)(F)F.[H-].[H-].[Li+].[Li+]. The first-order valence-electron chi connectivity index (χ1n) is 5.48. The molecule has 22 heavy (non-hydrogen) atoms. The Kier molecular flexibility index (Phi) is 20.0. The van der Waals surface area contributed by atoms with Crippen molar-refractivity contribution >= 4 is 15.5 Å². The Hall–Kier alpha value is 1.21. The van der Waals surface area contributed by atoms with E-state index in [1.165, 1.54) is 0 Å². The average Bonchev–Trinajstić information content (AvgIpc) is 2.27. The van der Waals surface area contributed by atoms with Gasteiger partial charge in [0.05, 0.1) is 39.6 Å². The number of hydrogen-bond acceptors (Lipinski definition) is 6. The van der Waals surface area contributed by atoms with Crippen molar-refractivity contribution in [1.29, 1.82) is 0 Å². The predicted octanol–water partition coefficient (Wildman–Crippen LogP) is -2.53. The molecule has 0 aromatic rings. The number of hydrogen-bond donors (Lipinski definition) is 0. The minimum absolute atomic E-state index is 0. The molecular formula is C8H18F4Li2O6P2. The van der Waals surface area contributed by atoms with Gasteiger partial charge in [0, 0.05) is 0 Å². The zero-order valence-electron chi connectivity index (χ0n) is 14.5. The van der Waals surface area contributed by atoms with Crippen LogP contribution in [0.3, 0.4) is 0 Å². The molecule has 0 spiro atoms. The summed E-state index contributed by atoms with van der Waals surface area (Å²) in [5, 5.41) is 0. The van der Waals surface area contributed by atoms with E-state index in [-0.39, 0.29) is 80.2 Å². The first-order chi connectivity index (χ1) is 9.21. The van der Waals surface area contributed by atoms with Gasteiger partial charge in [-0.15, -0.1) is 0 Å². The molecule has 0 radical (unpaired) electrons. The van der Waals surface area contributed by atoms with Gasteiger partial charge in [-0.1, -0.05) is 0 Å². The van der Waals surface area contributed by atoms with E-state index in [2.05, 4.69) is 9.47 Å². The summed E-state index contributed by atoms with van der Waals surface area (Å²) in [5.41, 5.74) is 0. The third kappa shape index (κ3) is 26.1. The van der Waals surface area contributed by atoms with Gasteiger partial charge in [0.25, 0.3) is 0 Å². The molecule has 0 rings (SSSR count). The second-order valence-electron chi connectivity index (χ2n) is 3.44. The van der Waals surface area contributed by atoms with Crippen LogP contribution in [0.15, 0.2) is 0 Å². The molecule has 0 aliphatic heterocycles. The monoisotopic (exact) mass is 362 g/mol. The summed E-state index contributed by atoms with van der Waals surface area (Å²) in [6.07, 6.45) is -2.20. The van der Waals surface area contributed by atoms with Crippen molar-refractivity contribution in [3.8, 4) is 0 Å². The van der Waals surface area contributed by atoms with E-state index < -0.39 is 28.2 Å². The van der Waals surface area contributed by atoms with Crippen molar-refractivity contribution in [2.45, 2.75) is 0 Å². The van der Waals surface area contributed by atoms with Crippen LogP contribution >= 0.6 is 15.5 Å². The molecule has 0 saturated carbocycles. The molecule has 126 valence electrons. The Bertz CT molecular complexity index is 321. The zero-order valence-corrected chi connectivity index (χ0v) is 14.3. The van der Waals surface area contributed by atoms with E-state index in [0.29, 0.717) is 0 Å². The van der Waals surface area contributed by atoms with Crippen molar-refractivity contribution in [1.82, 2.24) is 0 Å². The largest absolute Gasteiger partial charge is 1.00 e. The normalized spacial score (nSPS) is 11.6. The van der Waals surface area contributed by atoms with Crippen molar-refractivity contribution in [2.75, 3.05) is 52.3 Å². The van der Waals surface area contributed by atoms with Crippen molar-refractivity contribution in [3.05, 3.63) is 0 Å². The summed E-state index contributed by atoms with van der Waals surface area (Å²) in [5.74, 6) is 0. The molecule has 0 aromatic heterocycles. The molecular weight excluding hydrogens is 344 g/mol. The van der Waals surface area contributed by atoms with E-state index in [1.807, 2.05) is 0 Å². The maximum atomic E-state index is 11.9. The van der Waals surface area contributed by atoms with Crippen LogP contribution < -0.4 is 37.7 Å². The molecule has 0 N–H and O–H groups in total. The smallest absolute Gasteiger partial charge is 1.00 e. The van der Waals surface area contributed by atoms with E-state index in [9.17, 15) is 25.9 Å². The minimum atomic E-state index is -5.14. The van der Waals surface area contributed by atoms with Gasteiger partial charge >= 0.3 is 53.2 Å². The second kappa shape index (κ2) is 15.7. The maximum absolute atomic E-state index is 11.9. The summed E-state index contributed by atoms with van der Waals surface area (Å²) >= 11 is 0. The van der Waals surface area contributed by atoms with Gasteiger partial charge < -0.3 is 21.8 Å². The van der Waals surface area contributed by atoms with Crippen molar-refractivity contribution < 1.29 is 85.4 Å². The maximum Gasteiger partial charge on any atom is 1.00 e. The molecule has 0 heterocycles. The molecule has 0 aliphatic carbocycles. The standard InChI is InChI=1S/C8H16F4O6P2.2Li.2H/c9-19(10,13)7-17-5-3-15-1-2-16-4-6-18-8-20(11,12)14;;;;/h1-8H2;;;;/q;2*+1;2*-1. The zero-order chi connectivity index (χ0) is 15.5. The van der Waals surface area contributed by atoms with E-state index in [4.69, 9.17) is 9.47 Å². The fourth-order valence-corrected chi connectivity index (χ4v) is 1.58. The molecule has 0 bridgehead atoms. The van der Waals surface area contributed by atoms with Crippen LogP contribution in [0.25, 0.3) is 0 Å². The van der Waals surface area contributed by atoms with Gasteiger partial charge in [-0.25, -0.2) is 9.13 Å². The van der Waals surface area contributed by atoms with Crippen LogP contribution in [0.4, 0.5) is 16.8 Å². The minimum Gasteiger partial charge on any atom is -1.00 e. The van der Waals surface area contributed by atoms with Crippen LogP contribution in [0.1, 0.15) is 2.85 Å². The Morgan fingerprint density at radius 2 is 0.818 bits per heavy atom. The number of ether oxygens (including phenoxy) is 4. The van der Waals surface area contributed by atoms with Crippen LogP contribution in [0, 0.1) is 0 Å². The number of halogens is 4. The van der Waals surface area contributed by atoms with Crippen LogP contribution in [-0.4, -0.2) is 52.3 Å². The molecule has 14 heteroatoms. The van der Waals surface area contributed by atoms with E-state index in [1.54, 1.807) is 0 Å². The first-order valence-corrected chi connectivity index (χ1v) is 8.83. The van der Waals surface area contributed by atoms with Gasteiger partial charge in [-0.3, -0.25) is 0 Å². The van der Waals surface area contributed by atoms with E-state index >= 15 is 0 Å². The molecule has 0 saturated heterocycles. The quantitative estimate of drug-likeness (QED) is 0.156. The van der Waals surface area contributed by atoms with Crippen molar-refractivity contribution in [2.24, 2.45) is 0 Å². The van der Waals surface area contributed by atoms with Crippen molar-refractivity contribution in [3.63, 3.8) is 0 Å². The summed E-state index contributed by atoms with van der Waals surface area (Å²) in [6, 6.07) is 0. The number of rotatable bonds is 13. The second-order valence-corrected chi connectivity index (χ2v) is 6.24.